The van der Waals surface area contributed by atoms with E-state index >= 15 is 0 Å². The number of halogens is 1. The summed E-state index contributed by atoms with van der Waals surface area (Å²) >= 11 is 5.58. The van der Waals surface area contributed by atoms with Crippen molar-refractivity contribution >= 4 is 17.6 Å². The van der Waals surface area contributed by atoms with Crippen LogP contribution in [-0.2, 0) is 9.53 Å². The lowest BCUT2D eigenvalue weighted by molar-refractivity contribution is -0.179. The van der Waals surface area contributed by atoms with Gasteiger partial charge < -0.3 is 9.84 Å². The molecule has 0 heterocycles. The van der Waals surface area contributed by atoms with Gasteiger partial charge in [0.1, 0.15) is 0 Å². The maximum absolute atomic E-state index is 11.4. The minimum absolute atomic E-state index is 0.0162. The predicted molar refractivity (Wildman–Crippen MR) is 63.8 cm³/mol. The van der Waals surface area contributed by atoms with Crippen LogP contribution in [0.3, 0.4) is 0 Å². The molecule has 0 radical (unpaired) electrons. The van der Waals surface area contributed by atoms with Crippen molar-refractivity contribution < 1.29 is 14.6 Å². The molecule has 3 nitrogen and oxygen atoms in total. The van der Waals surface area contributed by atoms with Gasteiger partial charge in [-0.25, -0.2) is 4.79 Å². The Labute approximate surface area is 102 Å². The minimum atomic E-state index is -1.03. The standard InChI is InChI=1S/C12H21ClO3/c1-9-6-11(2,3)8-12(7-9,10(14)15)16-5-4-13/h9H,4-8H2,1-3H3,(H,14,15). The van der Waals surface area contributed by atoms with Crippen molar-refractivity contribution in [2.75, 3.05) is 12.5 Å². The van der Waals surface area contributed by atoms with Crippen molar-refractivity contribution in [1.82, 2.24) is 0 Å². The summed E-state index contributed by atoms with van der Waals surface area (Å²) in [6, 6.07) is 0. The van der Waals surface area contributed by atoms with Gasteiger partial charge in [-0.15, -0.1) is 11.6 Å². The van der Waals surface area contributed by atoms with Crippen molar-refractivity contribution in [2.24, 2.45) is 11.3 Å². The molecule has 0 aliphatic heterocycles. The molecule has 0 aromatic heterocycles. The number of ether oxygens (including phenoxy) is 1. The average Bonchev–Trinajstić information content (AvgIpc) is 2.11. The molecule has 1 aliphatic carbocycles. The second-order valence-electron chi connectivity index (χ2n) is 5.69. The Morgan fingerprint density at radius 2 is 2.12 bits per heavy atom. The third-order valence-electron chi connectivity index (χ3n) is 3.19. The number of rotatable bonds is 4. The first-order chi connectivity index (χ1) is 7.31. The van der Waals surface area contributed by atoms with Crippen LogP contribution in [0.1, 0.15) is 40.0 Å². The van der Waals surface area contributed by atoms with Crippen LogP contribution in [0.25, 0.3) is 0 Å². The summed E-state index contributed by atoms with van der Waals surface area (Å²) in [7, 11) is 0. The first-order valence-corrected chi connectivity index (χ1v) is 6.28. The van der Waals surface area contributed by atoms with Gasteiger partial charge in [-0.3, -0.25) is 0 Å². The molecule has 0 spiro atoms. The highest BCUT2D eigenvalue weighted by Crippen LogP contribution is 2.45. The fourth-order valence-electron chi connectivity index (χ4n) is 3.06. The molecule has 1 fully saturated rings. The van der Waals surface area contributed by atoms with Gasteiger partial charge in [0, 0.05) is 5.88 Å². The second kappa shape index (κ2) is 4.92. The van der Waals surface area contributed by atoms with E-state index in [2.05, 4.69) is 20.8 Å². The van der Waals surface area contributed by atoms with Crippen LogP contribution in [0, 0.1) is 11.3 Å². The van der Waals surface area contributed by atoms with E-state index in [0.717, 1.165) is 6.42 Å². The van der Waals surface area contributed by atoms with Crippen molar-refractivity contribution in [2.45, 2.75) is 45.6 Å². The number of hydrogen-bond acceptors (Lipinski definition) is 2. The van der Waals surface area contributed by atoms with E-state index in [-0.39, 0.29) is 5.41 Å². The number of alkyl halides is 1. The van der Waals surface area contributed by atoms with Crippen molar-refractivity contribution in [3.63, 3.8) is 0 Å². The maximum Gasteiger partial charge on any atom is 0.335 e. The molecule has 0 saturated heterocycles. The van der Waals surface area contributed by atoms with Crippen LogP contribution in [0.15, 0.2) is 0 Å². The summed E-state index contributed by atoms with van der Waals surface area (Å²) in [6.45, 7) is 6.59. The molecule has 1 saturated carbocycles. The van der Waals surface area contributed by atoms with Crippen molar-refractivity contribution in [1.29, 1.82) is 0 Å². The van der Waals surface area contributed by atoms with Gasteiger partial charge >= 0.3 is 5.97 Å². The van der Waals surface area contributed by atoms with E-state index in [9.17, 15) is 9.90 Å². The van der Waals surface area contributed by atoms with Gasteiger partial charge in [-0.2, -0.15) is 0 Å². The van der Waals surface area contributed by atoms with Gasteiger partial charge in [0.2, 0.25) is 0 Å². The number of carboxylic acid groups (broad SMARTS) is 1. The smallest absolute Gasteiger partial charge is 0.335 e. The maximum atomic E-state index is 11.4. The van der Waals surface area contributed by atoms with E-state index in [1.165, 1.54) is 0 Å². The lowest BCUT2D eigenvalue weighted by Gasteiger charge is -2.44. The topological polar surface area (TPSA) is 46.5 Å². The molecular weight excluding hydrogens is 228 g/mol. The predicted octanol–water partition coefficient (Wildman–Crippen LogP) is 2.91. The lowest BCUT2D eigenvalue weighted by atomic mass is 9.65. The Balaban J connectivity index is 2.87. The zero-order valence-electron chi connectivity index (χ0n) is 10.3. The molecule has 16 heavy (non-hydrogen) atoms. The highest BCUT2D eigenvalue weighted by molar-refractivity contribution is 6.18. The largest absolute Gasteiger partial charge is 0.479 e. The Hall–Kier alpha value is -0.280. The van der Waals surface area contributed by atoms with Gasteiger partial charge in [-0.05, 0) is 30.6 Å². The number of carboxylic acids is 1. The summed E-state index contributed by atoms with van der Waals surface area (Å²) < 4.78 is 5.56. The molecule has 4 heteroatoms. The molecule has 2 atom stereocenters. The zero-order chi connectivity index (χ0) is 12.4. The molecular formula is C12H21ClO3. The molecule has 0 aromatic carbocycles. The molecule has 94 valence electrons. The number of aliphatic carboxylic acids is 1. The molecule has 0 bridgehead atoms. The van der Waals surface area contributed by atoms with Crippen LogP contribution < -0.4 is 0 Å². The quantitative estimate of drug-likeness (QED) is 0.779. The molecule has 1 rings (SSSR count). The highest BCUT2D eigenvalue weighted by Gasteiger charge is 2.49. The average molecular weight is 249 g/mol. The van der Waals surface area contributed by atoms with Gasteiger partial charge in [0.15, 0.2) is 5.60 Å². The van der Waals surface area contributed by atoms with Crippen LogP contribution in [-0.4, -0.2) is 29.2 Å². The zero-order valence-corrected chi connectivity index (χ0v) is 11.0. The van der Waals surface area contributed by atoms with Gasteiger partial charge in [0.05, 0.1) is 6.61 Å². The van der Waals surface area contributed by atoms with Crippen LogP contribution in [0.4, 0.5) is 0 Å². The fraction of sp³-hybridized carbons (Fsp3) is 0.917. The van der Waals surface area contributed by atoms with Crippen LogP contribution in [0.2, 0.25) is 0 Å². The monoisotopic (exact) mass is 248 g/mol. The van der Waals surface area contributed by atoms with Crippen molar-refractivity contribution in [3.8, 4) is 0 Å². The van der Waals surface area contributed by atoms with E-state index in [4.69, 9.17) is 16.3 Å². The Bertz CT molecular complexity index is 265. The van der Waals surface area contributed by atoms with Gasteiger partial charge in [0.25, 0.3) is 0 Å². The van der Waals surface area contributed by atoms with Crippen LogP contribution >= 0.6 is 11.6 Å². The van der Waals surface area contributed by atoms with E-state index < -0.39 is 11.6 Å². The molecule has 1 N–H and O–H groups in total. The number of hydrogen-bond donors (Lipinski definition) is 1. The SMILES string of the molecule is CC1CC(C)(C)CC(OCCCl)(C(=O)O)C1. The Morgan fingerprint density at radius 3 is 2.56 bits per heavy atom. The van der Waals surface area contributed by atoms with E-state index in [1.54, 1.807) is 0 Å². The normalized spacial score (nSPS) is 33.6. The van der Waals surface area contributed by atoms with E-state index in [0.29, 0.717) is 31.2 Å². The van der Waals surface area contributed by atoms with Crippen molar-refractivity contribution in [3.05, 3.63) is 0 Å². The molecule has 0 aromatic rings. The Kier molecular flexibility index (Phi) is 4.24. The minimum Gasteiger partial charge on any atom is -0.479 e. The first-order valence-electron chi connectivity index (χ1n) is 5.75. The summed E-state index contributed by atoms with van der Waals surface area (Å²) in [5.41, 5.74) is -1.02. The fourth-order valence-corrected chi connectivity index (χ4v) is 3.14. The second-order valence-corrected chi connectivity index (χ2v) is 6.07. The number of carbonyl (C=O) groups is 1. The first kappa shape index (κ1) is 13.8. The van der Waals surface area contributed by atoms with E-state index in [1.807, 2.05) is 0 Å². The van der Waals surface area contributed by atoms with Crippen LogP contribution in [0.5, 0.6) is 0 Å². The molecule has 1 aliphatic rings. The third-order valence-corrected chi connectivity index (χ3v) is 3.34. The summed E-state index contributed by atoms with van der Waals surface area (Å²) in [5.74, 6) is -0.142. The lowest BCUT2D eigenvalue weighted by Crippen LogP contribution is -2.50. The molecule has 0 amide bonds. The van der Waals surface area contributed by atoms with Gasteiger partial charge in [-0.1, -0.05) is 20.8 Å². The third kappa shape index (κ3) is 3.11. The highest BCUT2D eigenvalue weighted by atomic mass is 35.5. The summed E-state index contributed by atoms with van der Waals surface area (Å²) in [6.07, 6.45) is 2.20. The summed E-state index contributed by atoms with van der Waals surface area (Å²) in [5, 5.41) is 9.40. The Morgan fingerprint density at radius 1 is 1.50 bits per heavy atom. The molecule has 2 unspecified atom stereocenters. The summed E-state index contributed by atoms with van der Waals surface area (Å²) in [4.78, 5) is 11.4.